The summed E-state index contributed by atoms with van der Waals surface area (Å²) in [5, 5.41) is 6.64. The van der Waals surface area contributed by atoms with Gasteiger partial charge in [-0.3, -0.25) is 4.79 Å². The number of aromatic nitrogens is 3. The summed E-state index contributed by atoms with van der Waals surface area (Å²) < 4.78 is 14.3. The number of hydrogen-bond donors (Lipinski definition) is 2. The van der Waals surface area contributed by atoms with Crippen molar-refractivity contribution in [2.45, 2.75) is 13.5 Å². The summed E-state index contributed by atoms with van der Waals surface area (Å²) in [4.78, 5) is 14.2. The molecule has 0 aliphatic carbocycles. The molecular weight excluding hydrogens is 211 g/mol. The van der Waals surface area contributed by atoms with Crippen LogP contribution in [0, 0.1) is 5.82 Å². The summed E-state index contributed by atoms with van der Waals surface area (Å²) >= 11 is 0. The number of aromatic amines is 1. The normalized spacial score (nSPS) is 10.4. The van der Waals surface area contributed by atoms with E-state index in [1.807, 2.05) is 6.92 Å². The summed E-state index contributed by atoms with van der Waals surface area (Å²) in [5.74, 6) is -0.268. The molecule has 0 atom stereocenters. The maximum atomic E-state index is 12.7. The van der Waals surface area contributed by atoms with E-state index < -0.39 is 5.82 Å². The van der Waals surface area contributed by atoms with E-state index >= 15 is 0 Å². The third-order valence-electron chi connectivity index (χ3n) is 2.15. The van der Waals surface area contributed by atoms with Gasteiger partial charge in [-0.1, -0.05) is 0 Å². The number of carbonyl (C=O) groups excluding carboxylic acids is 1. The molecule has 5 nitrogen and oxygen atoms in total. The lowest BCUT2D eigenvalue weighted by atomic mass is 10.4. The first-order valence-corrected chi connectivity index (χ1v) is 4.87. The Labute approximate surface area is 91.3 Å². The molecule has 16 heavy (non-hydrogen) atoms. The van der Waals surface area contributed by atoms with Crippen molar-refractivity contribution in [3.63, 3.8) is 0 Å². The van der Waals surface area contributed by atoms with E-state index in [0.717, 1.165) is 12.3 Å². The molecule has 2 rings (SSSR count). The van der Waals surface area contributed by atoms with Gasteiger partial charge in [-0.2, -0.15) is 5.10 Å². The molecule has 0 aliphatic heterocycles. The number of aryl methyl sites for hydroxylation is 1. The molecule has 0 fully saturated rings. The third kappa shape index (κ3) is 1.95. The Kier molecular flexibility index (Phi) is 2.72. The molecule has 0 aliphatic rings. The van der Waals surface area contributed by atoms with Gasteiger partial charge < -0.3 is 10.3 Å². The van der Waals surface area contributed by atoms with Gasteiger partial charge >= 0.3 is 0 Å². The lowest BCUT2D eigenvalue weighted by Gasteiger charge is -2.05. The van der Waals surface area contributed by atoms with Gasteiger partial charge in [-0.25, -0.2) is 9.07 Å². The Morgan fingerprint density at radius 3 is 3.12 bits per heavy atom. The zero-order chi connectivity index (χ0) is 11.5. The van der Waals surface area contributed by atoms with Crippen molar-refractivity contribution in [2.24, 2.45) is 0 Å². The first-order valence-electron chi connectivity index (χ1n) is 4.87. The van der Waals surface area contributed by atoms with Crippen LogP contribution < -0.4 is 5.32 Å². The van der Waals surface area contributed by atoms with Crippen LogP contribution >= 0.6 is 0 Å². The number of H-pyrrole nitrogens is 1. The molecule has 0 bridgehead atoms. The van der Waals surface area contributed by atoms with Crippen LogP contribution in [0.15, 0.2) is 24.5 Å². The fourth-order valence-electron chi connectivity index (χ4n) is 1.37. The van der Waals surface area contributed by atoms with Crippen LogP contribution in [0.4, 0.5) is 10.2 Å². The SMILES string of the molecule is CCn1nccc1NC(=O)c1cc(F)c[nH]1. The molecule has 0 radical (unpaired) electrons. The number of hydrogen-bond acceptors (Lipinski definition) is 2. The lowest BCUT2D eigenvalue weighted by Crippen LogP contribution is -2.15. The number of rotatable bonds is 3. The summed E-state index contributed by atoms with van der Waals surface area (Å²) in [5.41, 5.74) is 0.182. The second-order valence-corrected chi connectivity index (χ2v) is 3.22. The van der Waals surface area contributed by atoms with Gasteiger partial charge in [0.2, 0.25) is 0 Å². The Morgan fingerprint density at radius 1 is 1.69 bits per heavy atom. The van der Waals surface area contributed by atoms with Crippen LogP contribution in [0.25, 0.3) is 0 Å². The largest absolute Gasteiger partial charge is 0.355 e. The van der Waals surface area contributed by atoms with Gasteiger partial charge in [0.1, 0.15) is 17.3 Å². The average molecular weight is 222 g/mol. The predicted molar refractivity (Wildman–Crippen MR) is 56.6 cm³/mol. The van der Waals surface area contributed by atoms with E-state index in [4.69, 9.17) is 0 Å². The summed E-state index contributed by atoms with van der Waals surface area (Å²) in [6, 6.07) is 2.82. The van der Waals surface area contributed by atoms with E-state index in [1.54, 1.807) is 16.9 Å². The highest BCUT2D eigenvalue weighted by Gasteiger charge is 2.10. The third-order valence-corrected chi connectivity index (χ3v) is 2.15. The zero-order valence-corrected chi connectivity index (χ0v) is 8.70. The van der Waals surface area contributed by atoms with E-state index in [1.165, 1.54) is 0 Å². The Morgan fingerprint density at radius 2 is 2.50 bits per heavy atom. The molecule has 0 spiro atoms. The maximum Gasteiger partial charge on any atom is 0.273 e. The Bertz CT molecular complexity index is 502. The molecular formula is C10H11FN4O. The van der Waals surface area contributed by atoms with Crippen molar-refractivity contribution in [1.29, 1.82) is 0 Å². The van der Waals surface area contributed by atoms with E-state index in [0.29, 0.717) is 12.4 Å². The highest BCUT2D eigenvalue weighted by atomic mass is 19.1. The van der Waals surface area contributed by atoms with Gasteiger partial charge in [0.15, 0.2) is 0 Å². The first kappa shape index (κ1) is 10.4. The number of anilines is 1. The minimum absolute atomic E-state index is 0.182. The molecule has 2 aromatic rings. The van der Waals surface area contributed by atoms with Gasteiger partial charge in [-0.15, -0.1) is 0 Å². The highest BCUT2D eigenvalue weighted by Crippen LogP contribution is 2.08. The number of halogens is 1. The molecule has 0 aromatic carbocycles. The van der Waals surface area contributed by atoms with Crippen LogP contribution in [0.1, 0.15) is 17.4 Å². The van der Waals surface area contributed by atoms with Gasteiger partial charge in [-0.05, 0) is 6.92 Å². The quantitative estimate of drug-likeness (QED) is 0.828. The second-order valence-electron chi connectivity index (χ2n) is 3.22. The summed E-state index contributed by atoms with van der Waals surface area (Å²) in [6.45, 7) is 2.57. The lowest BCUT2D eigenvalue weighted by molar-refractivity contribution is 0.102. The van der Waals surface area contributed by atoms with Crippen LogP contribution in [0.3, 0.4) is 0 Å². The topological polar surface area (TPSA) is 62.7 Å². The number of carbonyl (C=O) groups is 1. The van der Waals surface area contributed by atoms with Crippen molar-refractivity contribution >= 4 is 11.7 Å². The van der Waals surface area contributed by atoms with Crippen molar-refractivity contribution in [3.05, 3.63) is 36.0 Å². The highest BCUT2D eigenvalue weighted by molar-refractivity contribution is 6.02. The maximum absolute atomic E-state index is 12.7. The fourth-order valence-corrected chi connectivity index (χ4v) is 1.37. The van der Waals surface area contributed by atoms with E-state index in [2.05, 4.69) is 15.4 Å². The van der Waals surface area contributed by atoms with Crippen molar-refractivity contribution < 1.29 is 9.18 Å². The minimum atomic E-state index is -0.464. The summed E-state index contributed by atoms with van der Waals surface area (Å²) in [6.07, 6.45) is 2.72. The molecule has 2 heterocycles. The van der Waals surface area contributed by atoms with E-state index in [-0.39, 0.29) is 11.6 Å². The minimum Gasteiger partial charge on any atom is -0.355 e. The fraction of sp³-hybridized carbons (Fsp3) is 0.200. The van der Waals surface area contributed by atoms with Crippen LogP contribution in [-0.4, -0.2) is 20.7 Å². The second kappa shape index (κ2) is 4.18. The molecule has 1 amide bonds. The monoisotopic (exact) mass is 222 g/mol. The van der Waals surface area contributed by atoms with Gasteiger partial charge in [0, 0.05) is 24.9 Å². The van der Waals surface area contributed by atoms with Crippen LogP contribution in [0.2, 0.25) is 0 Å². The van der Waals surface area contributed by atoms with Crippen LogP contribution in [-0.2, 0) is 6.54 Å². The first-order chi connectivity index (χ1) is 7.70. The van der Waals surface area contributed by atoms with Gasteiger partial charge in [0.05, 0.1) is 6.20 Å². The zero-order valence-electron chi connectivity index (χ0n) is 8.70. The molecule has 0 saturated heterocycles. The van der Waals surface area contributed by atoms with E-state index in [9.17, 15) is 9.18 Å². The van der Waals surface area contributed by atoms with Crippen molar-refractivity contribution in [3.8, 4) is 0 Å². The Balaban J connectivity index is 2.13. The van der Waals surface area contributed by atoms with Crippen LogP contribution in [0.5, 0.6) is 0 Å². The molecule has 0 saturated carbocycles. The number of amides is 1. The molecule has 0 unspecified atom stereocenters. The average Bonchev–Trinajstić information content (AvgIpc) is 2.86. The number of nitrogens with zero attached hydrogens (tertiary/aromatic N) is 2. The Hall–Kier alpha value is -2.11. The predicted octanol–water partition coefficient (Wildman–Crippen LogP) is 1.62. The molecule has 6 heteroatoms. The standard InChI is InChI=1S/C10H11FN4O/c1-2-15-9(3-4-13-15)14-10(16)8-5-7(11)6-12-8/h3-6,12H,2H2,1H3,(H,14,16). The van der Waals surface area contributed by atoms with Gasteiger partial charge in [0.25, 0.3) is 5.91 Å². The smallest absolute Gasteiger partial charge is 0.273 e. The molecule has 84 valence electrons. The molecule has 2 aromatic heterocycles. The van der Waals surface area contributed by atoms with Crippen molar-refractivity contribution in [1.82, 2.24) is 14.8 Å². The molecule has 2 N–H and O–H groups in total. The summed E-state index contributed by atoms with van der Waals surface area (Å²) in [7, 11) is 0. The number of nitrogens with one attached hydrogen (secondary N) is 2. The van der Waals surface area contributed by atoms with Crippen molar-refractivity contribution in [2.75, 3.05) is 5.32 Å².